The van der Waals surface area contributed by atoms with Crippen LogP contribution in [0, 0.1) is 11.8 Å². The van der Waals surface area contributed by atoms with Crippen LogP contribution in [0.3, 0.4) is 0 Å². The molecule has 6 N–H and O–H groups in total. The Labute approximate surface area is 221 Å². The normalized spacial score (nSPS) is 24.6. The van der Waals surface area contributed by atoms with Gasteiger partial charge in [0.2, 0.25) is 5.91 Å². The molecule has 3 aliphatic rings. The lowest BCUT2D eigenvalue weighted by Gasteiger charge is -2.37. The molecular formula is C26H36N8O4. The number of nitrogens with one attached hydrogen (secondary N) is 1. The summed E-state index contributed by atoms with van der Waals surface area (Å²) in [4.78, 5) is 47.5. The van der Waals surface area contributed by atoms with Crippen molar-refractivity contribution < 1.29 is 14.7 Å². The largest absolute Gasteiger partial charge is 0.394 e. The number of piperidine rings is 1. The van der Waals surface area contributed by atoms with Crippen molar-refractivity contribution in [2.24, 2.45) is 23.3 Å². The van der Waals surface area contributed by atoms with E-state index in [4.69, 9.17) is 11.5 Å². The number of hydrogen-bond donors (Lipinski definition) is 4. The molecule has 0 bridgehead atoms. The average molecular weight is 525 g/mol. The van der Waals surface area contributed by atoms with Crippen LogP contribution in [0.5, 0.6) is 0 Å². The van der Waals surface area contributed by atoms with Crippen molar-refractivity contribution in [1.82, 2.24) is 24.3 Å². The van der Waals surface area contributed by atoms with Crippen LogP contribution in [0.25, 0.3) is 5.69 Å². The number of amides is 3. The number of nitrogens with two attached hydrogens (primary N) is 2. The van der Waals surface area contributed by atoms with Gasteiger partial charge in [-0.2, -0.15) is 4.98 Å². The number of urea groups is 1. The zero-order valence-corrected chi connectivity index (χ0v) is 21.6. The number of piperazine rings is 1. The molecule has 1 saturated carbocycles. The molecule has 12 nitrogen and oxygen atoms in total. The zero-order chi connectivity index (χ0) is 27.0. The Morgan fingerprint density at radius 2 is 1.82 bits per heavy atom. The molecule has 0 radical (unpaired) electrons. The molecule has 2 unspecified atom stereocenters. The monoisotopic (exact) mass is 524 g/mol. The van der Waals surface area contributed by atoms with Gasteiger partial charge in [0.25, 0.3) is 0 Å². The molecule has 204 valence electrons. The van der Waals surface area contributed by atoms with Gasteiger partial charge in [0.15, 0.2) is 0 Å². The van der Waals surface area contributed by atoms with Crippen LogP contribution in [-0.2, 0) is 11.2 Å². The van der Waals surface area contributed by atoms with Gasteiger partial charge in [0.1, 0.15) is 11.4 Å². The van der Waals surface area contributed by atoms with Crippen LogP contribution >= 0.6 is 0 Å². The highest BCUT2D eigenvalue weighted by atomic mass is 16.3. The molecule has 3 amide bonds. The third-order valence-corrected chi connectivity index (χ3v) is 7.95. The number of aromatic nitrogens is 2. The van der Waals surface area contributed by atoms with Crippen LogP contribution in [0.4, 0.5) is 10.6 Å². The van der Waals surface area contributed by atoms with Gasteiger partial charge in [-0.15, -0.1) is 0 Å². The van der Waals surface area contributed by atoms with Crippen molar-refractivity contribution in [1.29, 1.82) is 0 Å². The Morgan fingerprint density at radius 3 is 2.47 bits per heavy atom. The summed E-state index contributed by atoms with van der Waals surface area (Å²) in [6, 6.07) is 9.43. The van der Waals surface area contributed by atoms with Gasteiger partial charge in [-0.1, -0.05) is 12.1 Å². The number of carbonyl (C=O) groups is 2. The second kappa shape index (κ2) is 10.4. The van der Waals surface area contributed by atoms with E-state index in [1.807, 2.05) is 18.2 Å². The number of benzene rings is 1. The Hall–Kier alpha value is -3.32. The summed E-state index contributed by atoms with van der Waals surface area (Å²) in [6.07, 6.45) is 2.50. The highest BCUT2D eigenvalue weighted by Gasteiger charge is 2.53. The molecule has 5 rings (SSSR count). The lowest BCUT2D eigenvalue weighted by molar-refractivity contribution is -0.139. The molecule has 1 aromatic heterocycles. The van der Waals surface area contributed by atoms with E-state index in [-0.39, 0.29) is 11.7 Å². The topological polar surface area (TPSA) is 163 Å². The first-order valence-corrected chi connectivity index (χ1v) is 13.1. The number of anilines is 1. The number of nitrogens with zero attached hydrogens (tertiary/aromatic N) is 5. The molecule has 3 heterocycles. The predicted molar refractivity (Wildman–Crippen MR) is 142 cm³/mol. The van der Waals surface area contributed by atoms with E-state index in [0.29, 0.717) is 44.1 Å². The number of carbonyl (C=O) groups excluding carboxylic acids is 2. The maximum absolute atomic E-state index is 12.8. The number of fused-ring (bicyclic) bond motifs is 1. The lowest BCUT2D eigenvalue weighted by atomic mass is 10.0. The molecule has 12 heteroatoms. The first kappa shape index (κ1) is 26.3. The molecule has 2 aliphatic heterocycles. The van der Waals surface area contributed by atoms with Crippen LogP contribution in [-0.4, -0.2) is 105 Å². The summed E-state index contributed by atoms with van der Waals surface area (Å²) in [5, 5.41) is 12.0. The Balaban J connectivity index is 1.15. The summed E-state index contributed by atoms with van der Waals surface area (Å²) in [5.74, 6) is 1.13. The van der Waals surface area contributed by atoms with Gasteiger partial charge in [-0.05, 0) is 48.9 Å². The fourth-order valence-corrected chi connectivity index (χ4v) is 5.39. The fraction of sp³-hybridized carbons (Fsp3) is 0.538. The van der Waals surface area contributed by atoms with Crippen LogP contribution in [0.1, 0.15) is 12.5 Å². The number of rotatable bonds is 7. The number of likely N-dealkylation sites (tertiary alicyclic amines) is 1. The third-order valence-electron chi connectivity index (χ3n) is 7.95. The van der Waals surface area contributed by atoms with E-state index in [1.54, 1.807) is 17.2 Å². The van der Waals surface area contributed by atoms with E-state index < -0.39 is 23.9 Å². The SMILES string of the molecule is C[C@](N)(CO)C(=O)N1CCN(C(=O)Nc2ccn(-c3cccc(CCN4CC5C(N)C5C4)c3)c(=O)n2)CC1. The first-order chi connectivity index (χ1) is 18.2. The first-order valence-electron chi connectivity index (χ1n) is 13.1. The minimum atomic E-state index is -1.35. The van der Waals surface area contributed by atoms with Crippen LogP contribution in [0.15, 0.2) is 41.3 Å². The Morgan fingerprint density at radius 1 is 1.13 bits per heavy atom. The molecule has 3 fully saturated rings. The smallest absolute Gasteiger partial charge is 0.354 e. The number of hydrogen-bond acceptors (Lipinski definition) is 8. The van der Waals surface area contributed by atoms with E-state index in [1.165, 1.54) is 16.4 Å². The standard InChI is InChI=1S/C26H36N8O4/c1-26(28,16-35)23(36)32-9-11-33(12-10-32)24(37)29-21-6-8-34(25(38)30-21)18-4-2-3-17(13-18)5-7-31-14-19-20(15-31)22(19)27/h2-4,6,8,13,19-20,22,35H,5,7,9-12,14-16,27-28H2,1H3,(H,29,30,37,38)/t19?,20?,22?,26-/m0/s1. The second-order valence-corrected chi connectivity index (χ2v) is 10.8. The van der Waals surface area contributed by atoms with Gasteiger partial charge in [-0.25, -0.2) is 9.59 Å². The molecule has 38 heavy (non-hydrogen) atoms. The third kappa shape index (κ3) is 5.44. The van der Waals surface area contributed by atoms with E-state index in [9.17, 15) is 19.5 Å². The summed E-state index contributed by atoms with van der Waals surface area (Å²) in [7, 11) is 0. The van der Waals surface area contributed by atoms with Crippen molar-refractivity contribution in [3.63, 3.8) is 0 Å². The van der Waals surface area contributed by atoms with E-state index in [2.05, 4.69) is 21.3 Å². The summed E-state index contributed by atoms with van der Waals surface area (Å²) in [6.45, 7) is 5.35. The quantitative estimate of drug-likeness (QED) is 0.360. The van der Waals surface area contributed by atoms with Gasteiger partial charge >= 0.3 is 11.7 Å². The van der Waals surface area contributed by atoms with Crippen LogP contribution < -0.4 is 22.5 Å². The molecule has 0 spiro atoms. The fourth-order valence-electron chi connectivity index (χ4n) is 5.39. The van der Waals surface area contributed by atoms with Crippen molar-refractivity contribution in [3.8, 4) is 5.69 Å². The van der Waals surface area contributed by atoms with E-state index in [0.717, 1.165) is 37.3 Å². The van der Waals surface area contributed by atoms with Crippen molar-refractivity contribution >= 4 is 17.8 Å². The summed E-state index contributed by atoms with van der Waals surface area (Å²) in [5.41, 5.74) is 11.9. The number of aliphatic hydroxyl groups excluding tert-OH is 1. The molecule has 3 atom stereocenters. The Kier molecular flexibility index (Phi) is 7.23. The number of aliphatic hydroxyl groups is 1. The highest BCUT2D eigenvalue weighted by molar-refractivity contribution is 5.89. The average Bonchev–Trinajstić information content (AvgIpc) is 3.30. The van der Waals surface area contributed by atoms with Gasteiger partial charge in [0.05, 0.1) is 12.3 Å². The predicted octanol–water partition coefficient (Wildman–Crippen LogP) is -0.950. The van der Waals surface area contributed by atoms with Gasteiger partial charge < -0.3 is 31.3 Å². The second-order valence-electron chi connectivity index (χ2n) is 10.8. The highest BCUT2D eigenvalue weighted by Crippen LogP contribution is 2.43. The van der Waals surface area contributed by atoms with Crippen molar-refractivity contribution in [2.45, 2.75) is 24.9 Å². The minimum absolute atomic E-state index is 0.159. The summed E-state index contributed by atoms with van der Waals surface area (Å²) >= 11 is 0. The van der Waals surface area contributed by atoms with Gasteiger partial charge in [0, 0.05) is 58.1 Å². The Bertz CT molecular complexity index is 1240. The molecule has 2 aromatic rings. The van der Waals surface area contributed by atoms with Crippen molar-refractivity contribution in [3.05, 3.63) is 52.6 Å². The maximum atomic E-state index is 12.8. The molecular weight excluding hydrogens is 488 g/mol. The molecule has 1 aromatic carbocycles. The summed E-state index contributed by atoms with van der Waals surface area (Å²) < 4.78 is 1.46. The zero-order valence-electron chi connectivity index (χ0n) is 21.6. The molecule has 2 saturated heterocycles. The minimum Gasteiger partial charge on any atom is -0.394 e. The molecule has 1 aliphatic carbocycles. The maximum Gasteiger partial charge on any atom is 0.354 e. The van der Waals surface area contributed by atoms with E-state index >= 15 is 0 Å². The van der Waals surface area contributed by atoms with Gasteiger partial charge in [-0.3, -0.25) is 14.7 Å². The van der Waals surface area contributed by atoms with Crippen molar-refractivity contribution in [2.75, 3.05) is 57.7 Å². The lowest BCUT2D eigenvalue weighted by Crippen LogP contribution is -2.60. The van der Waals surface area contributed by atoms with Crippen LogP contribution in [0.2, 0.25) is 0 Å².